The number of sulfonamides is 1. The summed E-state index contributed by atoms with van der Waals surface area (Å²) >= 11 is 1.60. The molecular formula is C19H19FN2O2S2. The van der Waals surface area contributed by atoms with Crippen molar-refractivity contribution in [2.75, 3.05) is 6.54 Å². The smallest absolute Gasteiger partial charge is 0.215 e. The maximum absolute atomic E-state index is 12.9. The Hall–Kier alpha value is -2.09. The van der Waals surface area contributed by atoms with E-state index in [4.69, 9.17) is 0 Å². The molecule has 3 rings (SSSR count). The van der Waals surface area contributed by atoms with E-state index in [1.807, 2.05) is 24.4 Å². The van der Waals surface area contributed by atoms with Gasteiger partial charge in [0.05, 0.1) is 10.8 Å². The SMILES string of the molecule is O=S(=O)(Cc1ccc(F)cc1)NCCc1ncc(Cc2ccccc2)s1. The van der Waals surface area contributed by atoms with Gasteiger partial charge in [-0.05, 0) is 23.3 Å². The molecule has 0 radical (unpaired) electrons. The Labute approximate surface area is 156 Å². The summed E-state index contributed by atoms with van der Waals surface area (Å²) in [6.07, 6.45) is 3.22. The zero-order valence-corrected chi connectivity index (χ0v) is 15.7. The molecule has 0 saturated heterocycles. The van der Waals surface area contributed by atoms with Gasteiger partial charge in [-0.3, -0.25) is 0 Å². The number of thiazole rings is 1. The number of nitrogens with zero attached hydrogens (tertiary/aromatic N) is 1. The first kappa shape index (κ1) is 18.7. The number of aromatic nitrogens is 1. The van der Waals surface area contributed by atoms with Crippen molar-refractivity contribution in [2.45, 2.75) is 18.6 Å². The molecule has 0 aliphatic rings. The van der Waals surface area contributed by atoms with Gasteiger partial charge in [-0.25, -0.2) is 22.5 Å². The van der Waals surface area contributed by atoms with Crippen molar-refractivity contribution in [3.8, 4) is 0 Å². The Kier molecular flexibility index (Phi) is 6.13. The Morgan fingerprint density at radius 1 is 1.00 bits per heavy atom. The highest BCUT2D eigenvalue weighted by Gasteiger charge is 2.12. The largest absolute Gasteiger partial charge is 0.249 e. The first-order chi connectivity index (χ1) is 12.5. The van der Waals surface area contributed by atoms with Gasteiger partial charge >= 0.3 is 0 Å². The van der Waals surface area contributed by atoms with E-state index in [-0.39, 0.29) is 11.6 Å². The van der Waals surface area contributed by atoms with Crippen LogP contribution in [0, 0.1) is 5.82 Å². The zero-order chi connectivity index (χ0) is 18.4. The van der Waals surface area contributed by atoms with Gasteiger partial charge < -0.3 is 0 Å². The summed E-state index contributed by atoms with van der Waals surface area (Å²) in [5.41, 5.74) is 1.78. The van der Waals surface area contributed by atoms with Crippen LogP contribution in [0.2, 0.25) is 0 Å². The van der Waals surface area contributed by atoms with Crippen molar-refractivity contribution in [3.05, 3.63) is 87.6 Å². The number of rotatable bonds is 8. The third kappa shape index (κ3) is 5.72. The average Bonchev–Trinajstić information content (AvgIpc) is 3.05. The quantitative estimate of drug-likeness (QED) is 0.640. The third-order valence-corrected chi connectivity index (χ3v) is 6.17. The maximum Gasteiger partial charge on any atom is 0.215 e. The van der Waals surface area contributed by atoms with Crippen LogP contribution in [0.15, 0.2) is 60.8 Å². The Morgan fingerprint density at radius 2 is 1.73 bits per heavy atom. The topological polar surface area (TPSA) is 59.1 Å². The second kappa shape index (κ2) is 8.53. The highest BCUT2D eigenvalue weighted by atomic mass is 32.2. The van der Waals surface area contributed by atoms with E-state index in [1.165, 1.54) is 29.8 Å². The molecule has 0 amide bonds. The van der Waals surface area contributed by atoms with E-state index < -0.39 is 10.0 Å². The van der Waals surface area contributed by atoms with E-state index in [1.54, 1.807) is 11.3 Å². The normalized spacial score (nSPS) is 11.6. The minimum Gasteiger partial charge on any atom is -0.249 e. The molecule has 1 heterocycles. The molecule has 4 nitrogen and oxygen atoms in total. The van der Waals surface area contributed by atoms with Gasteiger partial charge in [0.2, 0.25) is 10.0 Å². The van der Waals surface area contributed by atoms with Gasteiger partial charge in [-0.2, -0.15) is 0 Å². The number of hydrogen-bond acceptors (Lipinski definition) is 4. The van der Waals surface area contributed by atoms with Gasteiger partial charge in [0.15, 0.2) is 0 Å². The minimum atomic E-state index is -3.45. The fraction of sp³-hybridized carbons (Fsp3) is 0.211. The van der Waals surface area contributed by atoms with Gasteiger partial charge in [0.25, 0.3) is 0 Å². The summed E-state index contributed by atoms with van der Waals surface area (Å²) in [7, 11) is -3.45. The van der Waals surface area contributed by atoms with E-state index in [0.29, 0.717) is 18.5 Å². The molecule has 136 valence electrons. The molecule has 0 saturated carbocycles. The molecule has 0 spiro atoms. The van der Waals surface area contributed by atoms with E-state index >= 15 is 0 Å². The van der Waals surface area contributed by atoms with E-state index in [2.05, 4.69) is 21.8 Å². The lowest BCUT2D eigenvalue weighted by molar-refractivity contribution is 0.580. The highest BCUT2D eigenvalue weighted by Crippen LogP contribution is 2.17. The molecule has 0 atom stereocenters. The van der Waals surface area contributed by atoms with Crippen LogP contribution in [0.3, 0.4) is 0 Å². The number of benzene rings is 2. The molecular weight excluding hydrogens is 371 g/mol. The summed E-state index contributed by atoms with van der Waals surface area (Å²) in [6.45, 7) is 0.293. The molecule has 0 aliphatic carbocycles. The molecule has 0 fully saturated rings. The van der Waals surface area contributed by atoms with Gasteiger partial charge in [-0.15, -0.1) is 11.3 Å². The molecule has 0 unspecified atom stereocenters. The first-order valence-electron chi connectivity index (χ1n) is 8.19. The average molecular weight is 391 g/mol. The van der Waals surface area contributed by atoms with Gasteiger partial charge in [0, 0.05) is 30.5 Å². The highest BCUT2D eigenvalue weighted by molar-refractivity contribution is 7.88. The first-order valence-corrected chi connectivity index (χ1v) is 10.7. The van der Waals surface area contributed by atoms with Crippen LogP contribution in [0.1, 0.15) is 21.0 Å². The standard InChI is InChI=1S/C19H19FN2O2S2/c20-17-8-6-16(7-9-17)14-26(23,24)22-11-10-19-21-13-18(25-19)12-15-4-2-1-3-5-15/h1-9,13,22H,10-12,14H2. The number of halogens is 1. The third-order valence-electron chi connectivity index (χ3n) is 3.75. The van der Waals surface area contributed by atoms with Crippen LogP contribution >= 0.6 is 11.3 Å². The monoisotopic (exact) mass is 390 g/mol. The molecule has 1 N–H and O–H groups in total. The molecule has 3 aromatic rings. The lowest BCUT2D eigenvalue weighted by Gasteiger charge is -2.06. The van der Waals surface area contributed by atoms with E-state index in [9.17, 15) is 12.8 Å². The van der Waals surface area contributed by atoms with Crippen LogP contribution in [0.5, 0.6) is 0 Å². The molecule has 0 bridgehead atoms. The van der Waals surface area contributed by atoms with Crippen LogP contribution in [-0.2, 0) is 28.6 Å². The number of hydrogen-bond donors (Lipinski definition) is 1. The minimum absolute atomic E-state index is 0.162. The predicted octanol–water partition coefficient (Wildman–Crippen LogP) is 3.54. The van der Waals surface area contributed by atoms with Crippen molar-refractivity contribution in [1.82, 2.24) is 9.71 Å². The van der Waals surface area contributed by atoms with Gasteiger partial charge in [0.1, 0.15) is 5.82 Å². The van der Waals surface area contributed by atoms with Crippen LogP contribution in [0.25, 0.3) is 0 Å². The summed E-state index contributed by atoms with van der Waals surface area (Å²) in [5, 5.41) is 0.903. The molecule has 7 heteroatoms. The Morgan fingerprint density at radius 3 is 2.46 bits per heavy atom. The summed E-state index contributed by atoms with van der Waals surface area (Å²) < 4.78 is 39.7. The summed E-state index contributed by atoms with van der Waals surface area (Å²) in [4.78, 5) is 5.52. The van der Waals surface area contributed by atoms with Crippen LogP contribution in [-0.4, -0.2) is 19.9 Å². The van der Waals surface area contributed by atoms with Crippen molar-refractivity contribution >= 4 is 21.4 Å². The fourth-order valence-corrected chi connectivity index (χ4v) is 4.61. The second-order valence-corrected chi connectivity index (χ2v) is 8.92. The van der Waals surface area contributed by atoms with Crippen LogP contribution in [0.4, 0.5) is 4.39 Å². The van der Waals surface area contributed by atoms with Crippen LogP contribution < -0.4 is 4.72 Å². The second-order valence-electron chi connectivity index (χ2n) is 5.91. The summed E-state index contributed by atoms with van der Waals surface area (Å²) in [6, 6.07) is 15.6. The fourth-order valence-electron chi connectivity index (χ4n) is 2.51. The summed E-state index contributed by atoms with van der Waals surface area (Å²) in [5.74, 6) is -0.543. The number of nitrogens with one attached hydrogen (secondary N) is 1. The predicted molar refractivity (Wildman–Crippen MR) is 102 cm³/mol. The maximum atomic E-state index is 12.9. The van der Waals surface area contributed by atoms with Crippen molar-refractivity contribution in [2.24, 2.45) is 0 Å². The van der Waals surface area contributed by atoms with Crippen molar-refractivity contribution in [1.29, 1.82) is 0 Å². The molecule has 2 aromatic carbocycles. The lowest BCUT2D eigenvalue weighted by Crippen LogP contribution is -2.27. The van der Waals surface area contributed by atoms with Crippen molar-refractivity contribution < 1.29 is 12.8 Å². The molecule has 26 heavy (non-hydrogen) atoms. The van der Waals surface area contributed by atoms with E-state index in [0.717, 1.165) is 16.3 Å². The molecule has 0 aliphatic heterocycles. The van der Waals surface area contributed by atoms with Gasteiger partial charge in [-0.1, -0.05) is 42.5 Å². The Balaban J connectivity index is 1.49. The zero-order valence-electron chi connectivity index (χ0n) is 14.1. The van der Waals surface area contributed by atoms with Crippen molar-refractivity contribution in [3.63, 3.8) is 0 Å². The molecule has 1 aromatic heterocycles. The Bertz CT molecular complexity index is 939. The lowest BCUT2D eigenvalue weighted by atomic mass is 10.1.